The average Bonchev–Trinajstić information content (AvgIpc) is 3.33. The molecule has 3 aromatic rings. The minimum absolute atomic E-state index is 0.189. The number of aromatic nitrogens is 3. The molecule has 144 valence electrons. The molecule has 0 N–H and O–H groups in total. The number of carbonyl (C=O) groups excluding carboxylic acids is 1. The smallest absolute Gasteiger partial charge is 0.223 e. The van der Waals surface area contributed by atoms with Crippen molar-refractivity contribution >= 4 is 22.9 Å². The summed E-state index contributed by atoms with van der Waals surface area (Å²) in [6.07, 6.45) is 4.51. The zero-order chi connectivity index (χ0) is 19.8. The van der Waals surface area contributed by atoms with Gasteiger partial charge in [0.25, 0.3) is 0 Å². The van der Waals surface area contributed by atoms with Gasteiger partial charge in [-0.3, -0.25) is 4.79 Å². The number of nitriles is 1. The van der Waals surface area contributed by atoms with E-state index < -0.39 is 0 Å². The molecule has 0 saturated heterocycles. The second-order valence-electron chi connectivity index (χ2n) is 7.23. The Kier molecular flexibility index (Phi) is 4.90. The van der Waals surface area contributed by atoms with E-state index in [0.717, 1.165) is 36.3 Å². The van der Waals surface area contributed by atoms with Crippen LogP contribution in [0.25, 0.3) is 5.65 Å². The van der Waals surface area contributed by atoms with Crippen molar-refractivity contribution in [2.24, 2.45) is 0 Å². The highest BCUT2D eigenvalue weighted by Crippen LogP contribution is 2.35. The van der Waals surface area contributed by atoms with E-state index in [-0.39, 0.29) is 11.9 Å². The fraction of sp³-hybridized carbons (Fsp3) is 0.429. The second kappa shape index (κ2) is 7.36. The predicted molar refractivity (Wildman–Crippen MR) is 108 cm³/mol. The van der Waals surface area contributed by atoms with Gasteiger partial charge in [0.15, 0.2) is 5.65 Å². The van der Waals surface area contributed by atoms with E-state index in [0.29, 0.717) is 24.1 Å². The Balaban J connectivity index is 1.55. The molecule has 1 aliphatic rings. The second-order valence-corrected chi connectivity index (χ2v) is 8.23. The number of hydrogen-bond donors (Lipinski definition) is 0. The van der Waals surface area contributed by atoms with Gasteiger partial charge in [-0.2, -0.15) is 10.4 Å². The monoisotopic (exact) mass is 393 g/mol. The van der Waals surface area contributed by atoms with Crippen LogP contribution in [0, 0.1) is 25.2 Å². The first-order valence-corrected chi connectivity index (χ1v) is 10.5. The maximum absolute atomic E-state index is 13.1. The molecule has 0 aromatic carbocycles. The molecule has 0 fully saturated rings. The maximum atomic E-state index is 13.1. The summed E-state index contributed by atoms with van der Waals surface area (Å²) in [5.74, 6) is 0.195. The highest BCUT2D eigenvalue weighted by molar-refractivity contribution is 7.10. The van der Waals surface area contributed by atoms with Crippen molar-refractivity contribution in [1.82, 2.24) is 19.5 Å². The lowest BCUT2D eigenvalue weighted by atomic mass is 9.96. The van der Waals surface area contributed by atoms with Crippen LogP contribution in [-0.2, 0) is 17.6 Å². The zero-order valence-corrected chi connectivity index (χ0v) is 17.2. The molecule has 6 nitrogen and oxygen atoms in total. The van der Waals surface area contributed by atoms with Crippen molar-refractivity contribution in [3.05, 3.63) is 50.6 Å². The molecule has 1 unspecified atom stereocenters. The Morgan fingerprint density at radius 2 is 2.25 bits per heavy atom. The molecular weight excluding hydrogens is 370 g/mol. The largest absolute Gasteiger partial charge is 0.335 e. The third-order valence-electron chi connectivity index (χ3n) is 5.72. The lowest BCUT2D eigenvalue weighted by Crippen LogP contribution is -2.39. The lowest BCUT2D eigenvalue weighted by molar-refractivity contribution is -0.134. The van der Waals surface area contributed by atoms with Crippen LogP contribution in [-0.4, -0.2) is 31.9 Å². The Hall–Kier alpha value is -2.72. The first kappa shape index (κ1) is 18.6. The fourth-order valence-electron chi connectivity index (χ4n) is 4.26. The maximum Gasteiger partial charge on any atom is 0.223 e. The standard InChI is InChI=1S/C21H23N5OS/c1-4-18-17-8-10-28-19(17)7-9-25(18)20(27)6-5-16-13(2)24-21-15(11-22)12-23-26(21)14(16)3/h8,10,12,18H,4-7,9H2,1-3H3. The Morgan fingerprint density at radius 1 is 1.43 bits per heavy atom. The first-order valence-electron chi connectivity index (χ1n) is 9.64. The summed E-state index contributed by atoms with van der Waals surface area (Å²) in [5.41, 5.74) is 5.22. The van der Waals surface area contributed by atoms with Gasteiger partial charge in [-0.25, -0.2) is 9.50 Å². The van der Waals surface area contributed by atoms with Crippen LogP contribution in [0.2, 0.25) is 0 Å². The Bertz CT molecular complexity index is 1090. The van der Waals surface area contributed by atoms with Crippen molar-refractivity contribution < 1.29 is 4.79 Å². The van der Waals surface area contributed by atoms with Gasteiger partial charge in [0.05, 0.1) is 12.2 Å². The molecule has 7 heteroatoms. The molecule has 0 saturated carbocycles. The summed E-state index contributed by atoms with van der Waals surface area (Å²) in [6, 6.07) is 4.49. The average molecular weight is 394 g/mol. The quantitative estimate of drug-likeness (QED) is 0.677. The number of hydrogen-bond acceptors (Lipinski definition) is 5. The summed E-state index contributed by atoms with van der Waals surface area (Å²) in [6.45, 7) is 6.86. The molecule has 1 aliphatic heterocycles. The number of aryl methyl sites for hydroxylation is 2. The summed E-state index contributed by atoms with van der Waals surface area (Å²) in [4.78, 5) is 21.1. The molecule has 1 atom stereocenters. The highest BCUT2D eigenvalue weighted by atomic mass is 32.1. The van der Waals surface area contributed by atoms with Gasteiger partial charge < -0.3 is 4.90 Å². The summed E-state index contributed by atoms with van der Waals surface area (Å²) in [5, 5.41) is 15.6. The van der Waals surface area contributed by atoms with Crippen LogP contribution in [0.4, 0.5) is 0 Å². The van der Waals surface area contributed by atoms with Gasteiger partial charge in [0.1, 0.15) is 11.6 Å². The van der Waals surface area contributed by atoms with E-state index >= 15 is 0 Å². The molecule has 0 bridgehead atoms. The molecule has 3 aromatic heterocycles. The molecule has 0 radical (unpaired) electrons. The van der Waals surface area contributed by atoms with Crippen LogP contribution in [0.3, 0.4) is 0 Å². The third kappa shape index (κ3) is 2.98. The molecule has 1 amide bonds. The predicted octanol–water partition coefficient (Wildman–Crippen LogP) is 3.75. The number of nitrogens with zero attached hydrogens (tertiary/aromatic N) is 5. The van der Waals surface area contributed by atoms with Crippen molar-refractivity contribution in [2.45, 2.75) is 52.5 Å². The normalized spacial score (nSPS) is 16.2. The van der Waals surface area contributed by atoms with Crippen molar-refractivity contribution in [1.29, 1.82) is 5.26 Å². The number of rotatable bonds is 4. The molecule has 28 heavy (non-hydrogen) atoms. The summed E-state index contributed by atoms with van der Waals surface area (Å²) >= 11 is 1.80. The number of amides is 1. The van der Waals surface area contributed by atoms with Gasteiger partial charge in [-0.05, 0) is 55.7 Å². The molecular formula is C21H23N5OS. The number of carbonyl (C=O) groups is 1. The molecule has 4 heterocycles. The minimum Gasteiger partial charge on any atom is -0.335 e. The molecule has 0 spiro atoms. The van der Waals surface area contributed by atoms with E-state index in [1.54, 1.807) is 22.0 Å². The van der Waals surface area contributed by atoms with E-state index in [2.05, 4.69) is 34.5 Å². The van der Waals surface area contributed by atoms with E-state index in [1.165, 1.54) is 10.4 Å². The van der Waals surface area contributed by atoms with Crippen LogP contribution in [0.5, 0.6) is 0 Å². The SMILES string of the molecule is CCC1c2ccsc2CCN1C(=O)CCc1c(C)nc2c(C#N)cnn2c1C. The van der Waals surface area contributed by atoms with E-state index in [4.69, 9.17) is 0 Å². The van der Waals surface area contributed by atoms with Gasteiger partial charge >= 0.3 is 0 Å². The first-order chi connectivity index (χ1) is 13.5. The number of fused-ring (bicyclic) bond motifs is 2. The Morgan fingerprint density at radius 3 is 3.00 bits per heavy atom. The van der Waals surface area contributed by atoms with Gasteiger partial charge in [0, 0.05) is 29.2 Å². The van der Waals surface area contributed by atoms with Crippen LogP contribution in [0.15, 0.2) is 17.6 Å². The van der Waals surface area contributed by atoms with Crippen molar-refractivity contribution in [2.75, 3.05) is 6.54 Å². The number of thiophene rings is 1. The van der Waals surface area contributed by atoms with Crippen LogP contribution in [0.1, 0.15) is 58.8 Å². The van der Waals surface area contributed by atoms with E-state index in [9.17, 15) is 10.1 Å². The van der Waals surface area contributed by atoms with Gasteiger partial charge in [-0.15, -0.1) is 11.3 Å². The lowest BCUT2D eigenvalue weighted by Gasteiger charge is -2.35. The fourth-order valence-corrected chi connectivity index (χ4v) is 5.19. The Labute approximate surface area is 168 Å². The third-order valence-corrected chi connectivity index (χ3v) is 6.72. The minimum atomic E-state index is 0.189. The zero-order valence-electron chi connectivity index (χ0n) is 16.4. The topological polar surface area (TPSA) is 74.3 Å². The van der Waals surface area contributed by atoms with Crippen LogP contribution >= 0.6 is 11.3 Å². The van der Waals surface area contributed by atoms with Crippen molar-refractivity contribution in [3.63, 3.8) is 0 Å². The highest BCUT2D eigenvalue weighted by Gasteiger charge is 2.30. The van der Waals surface area contributed by atoms with Gasteiger partial charge in [-0.1, -0.05) is 6.92 Å². The molecule has 4 rings (SSSR count). The molecule has 0 aliphatic carbocycles. The van der Waals surface area contributed by atoms with Crippen LogP contribution < -0.4 is 0 Å². The van der Waals surface area contributed by atoms with Crippen molar-refractivity contribution in [3.8, 4) is 6.07 Å². The summed E-state index contributed by atoms with van der Waals surface area (Å²) < 4.78 is 1.71. The van der Waals surface area contributed by atoms with Gasteiger partial charge in [0.2, 0.25) is 5.91 Å². The van der Waals surface area contributed by atoms with E-state index in [1.807, 2.05) is 18.7 Å². The summed E-state index contributed by atoms with van der Waals surface area (Å²) in [7, 11) is 0.